The zero-order valence-electron chi connectivity index (χ0n) is 13.2. The Kier molecular flexibility index (Phi) is 5.14. The number of aliphatic carboxylic acids is 1. The highest BCUT2D eigenvalue weighted by molar-refractivity contribution is 5.66. The van der Waals surface area contributed by atoms with E-state index in [0.29, 0.717) is 6.42 Å². The second-order valence-corrected chi connectivity index (χ2v) is 7.16. The van der Waals surface area contributed by atoms with Crippen LogP contribution in [0.1, 0.15) is 44.1 Å². The van der Waals surface area contributed by atoms with Crippen LogP contribution in [0.25, 0.3) is 0 Å². The third kappa shape index (κ3) is 4.10. The number of nitrogens with one attached hydrogen (secondary N) is 1. The summed E-state index contributed by atoms with van der Waals surface area (Å²) in [6.07, 6.45) is 7.56. The Labute approximate surface area is 133 Å². The fourth-order valence-corrected chi connectivity index (χ4v) is 4.42. The number of carboxylic acid groups (broad SMARTS) is 1. The van der Waals surface area contributed by atoms with Gasteiger partial charge in [0.2, 0.25) is 0 Å². The van der Waals surface area contributed by atoms with Gasteiger partial charge in [-0.3, -0.25) is 4.79 Å². The molecule has 0 spiro atoms. The summed E-state index contributed by atoms with van der Waals surface area (Å²) in [6, 6.07) is 10.7. The Balaban J connectivity index is 1.52. The van der Waals surface area contributed by atoms with E-state index in [1.165, 1.54) is 31.2 Å². The Morgan fingerprint density at radius 2 is 2.05 bits per heavy atom. The summed E-state index contributed by atoms with van der Waals surface area (Å²) in [5.41, 5.74) is 1.29. The zero-order valence-corrected chi connectivity index (χ0v) is 13.2. The molecule has 3 nitrogen and oxygen atoms in total. The quantitative estimate of drug-likeness (QED) is 0.773. The fourth-order valence-electron chi connectivity index (χ4n) is 4.42. The van der Waals surface area contributed by atoms with Gasteiger partial charge in [-0.05, 0) is 62.0 Å². The maximum atomic E-state index is 10.9. The maximum Gasteiger partial charge on any atom is 0.303 e. The summed E-state index contributed by atoms with van der Waals surface area (Å²) in [4.78, 5) is 10.9. The first-order valence-electron chi connectivity index (χ1n) is 8.70. The molecule has 4 unspecified atom stereocenters. The van der Waals surface area contributed by atoms with Crippen molar-refractivity contribution in [1.29, 1.82) is 0 Å². The van der Waals surface area contributed by atoms with Gasteiger partial charge in [-0.25, -0.2) is 0 Å². The summed E-state index contributed by atoms with van der Waals surface area (Å²) in [5, 5.41) is 12.7. The number of carboxylic acids is 1. The first kappa shape index (κ1) is 15.5. The highest BCUT2D eigenvalue weighted by atomic mass is 16.4. The molecule has 2 N–H and O–H groups in total. The van der Waals surface area contributed by atoms with Gasteiger partial charge in [-0.1, -0.05) is 36.8 Å². The molecule has 3 heteroatoms. The molecule has 0 heterocycles. The van der Waals surface area contributed by atoms with Crippen LogP contribution in [0.3, 0.4) is 0 Å². The minimum atomic E-state index is -0.695. The zero-order chi connectivity index (χ0) is 15.4. The molecular formula is C19H27NO2. The lowest BCUT2D eigenvalue weighted by Crippen LogP contribution is -2.37. The first-order valence-corrected chi connectivity index (χ1v) is 8.70. The van der Waals surface area contributed by atoms with E-state index in [4.69, 9.17) is 5.11 Å². The Hall–Kier alpha value is -1.35. The molecule has 0 aromatic heterocycles. The molecular weight excluding hydrogens is 274 g/mol. The van der Waals surface area contributed by atoms with Gasteiger partial charge in [0.05, 0.1) is 0 Å². The highest BCUT2D eigenvalue weighted by Gasteiger charge is 2.39. The molecule has 3 rings (SSSR count). The van der Waals surface area contributed by atoms with Crippen LogP contribution in [0, 0.1) is 17.8 Å². The maximum absolute atomic E-state index is 10.9. The molecule has 2 aliphatic carbocycles. The van der Waals surface area contributed by atoms with Gasteiger partial charge in [0.1, 0.15) is 0 Å². The van der Waals surface area contributed by atoms with Crippen LogP contribution in [-0.4, -0.2) is 23.7 Å². The summed E-state index contributed by atoms with van der Waals surface area (Å²) in [7, 11) is 0. The lowest BCUT2D eigenvalue weighted by atomic mass is 9.88. The number of carbonyl (C=O) groups is 1. The van der Waals surface area contributed by atoms with Crippen molar-refractivity contribution in [2.24, 2.45) is 17.8 Å². The van der Waals surface area contributed by atoms with Gasteiger partial charge in [-0.2, -0.15) is 0 Å². The summed E-state index contributed by atoms with van der Waals surface area (Å²) in [5.74, 6) is 2.03. The van der Waals surface area contributed by atoms with Crippen LogP contribution in [0.4, 0.5) is 0 Å². The van der Waals surface area contributed by atoms with E-state index in [1.807, 2.05) is 6.07 Å². The third-order valence-corrected chi connectivity index (χ3v) is 5.58. The van der Waals surface area contributed by atoms with Crippen molar-refractivity contribution in [2.75, 3.05) is 6.54 Å². The second kappa shape index (κ2) is 7.28. The number of fused-ring (bicyclic) bond motifs is 2. The molecule has 2 aliphatic rings. The van der Waals surface area contributed by atoms with Crippen molar-refractivity contribution in [1.82, 2.24) is 5.32 Å². The molecule has 0 amide bonds. The molecule has 2 bridgehead atoms. The summed E-state index contributed by atoms with van der Waals surface area (Å²) < 4.78 is 0. The smallest absolute Gasteiger partial charge is 0.303 e. The topological polar surface area (TPSA) is 49.3 Å². The van der Waals surface area contributed by atoms with Crippen LogP contribution in [0.5, 0.6) is 0 Å². The summed E-state index contributed by atoms with van der Waals surface area (Å²) >= 11 is 0. The van der Waals surface area contributed by atoms with Gasteiger partial charge >= 0.3 is 5.97 Å². The van der Waals surface area contributed by atoms with Crippen molar-refractivity contribution in [3.63, 3.8) is 0 Å². The predicted octanol–water partition coefficient (Wildman–Crippen LogP) is 3.49. The Morgan fingerprint density at radius 1 is 1.23 bits per heavy atom. The van der Waals surface area contributed by atoms with Crippen LogP contribution in [0.2, 0.25) is 0 Å². The van der Waals surface area contributed by atoms with Crippen molar-refractivity contribution in [3.05, 3.63) is 35.9 Å². The van der Waals surface area contributed by atoms with Gasteiger partial charge in [0.25, 0.3) is 0 Å². The van der Waals surface area contributed by atoms with Gasteiger partial charge < -0.3 is 10.4 Å². The molecule has 22 heavy (non-hydrogen) atoms. The SMILES string of the molecule is O=C(O)CCC(Cc1ccccc1)NCC1CC2CCC1C2. The normalized spacial score (nSPS) is 27.9. The monoisotopic (exact) mass is 301 g/mol. The standard InChI is InChI=1S/C19H27NO2/c21-19(22)9-8-18(12-14-4-2-1-3-5-14)20-13-17-11-15-6-7-16(17)10-15/h1-5,15-18,20H,6-13H2,(H,21,22). The van der Waals surface area contributed by atoms with E-state index in [-0.39, 0.29) is 12.5 Å². The largest absolute Gasteiger partial charge is 0.481 e. The van der Waals surface area contributed by atoms with Crippen molar-refractivity contribution < 1.29 is 9.90 Å². The molecule has 2 saturated carbocycles. The molecule has 1 aromatic rings. The van der Waals surface area contributed by atoms with Crippen LogP contribution < -0.4 is 5.32 Å². The highest BCUT2D eigenvalue weighted by Crippen LogP contribution is 2.47. The molecule has 4 atom stereocenters. The first-order chi connectivity index (χ1) is 10.7. The molecule has 0 radical (unpaired) electrons. The Morgan fingerprint density at radius 3 is 2.68 bits per heavy atom. The van der Waals surface area contributed by atoms with Gasteiger partial charge in [0.15, 0.2) is 0 Å². The molecule has 120 valence electrons. The van der Waals surface area contributed by atoms with Crippen LogP contribution >= 0.6 is 0 Å². The minimum Gasteiger partial charge on any atom is -0.481 e. The van der Waals surface area contributed by atoms with Gasteiger partial charge in [-0.15, -0.1) is 0 Å². The van der Waals surface area contributed by atoms with E-state index in [0.717, 1.165) is 30.7 Å². The summed E-state index contributed by atoms with van der Waals surface area (Å²) in [6.45, 7) is 1.07. The van der Waals surface area contributed by atoms with Crippen molar-refractivity contribution >= 4 is 5.97 Å². The molecule has 0 aliphatic heterocycles. The third-order valence-electron chi connectivity index (χ3n) is 5.58. The fraction of sp³-hybridized carbons (Fsp3) is 0.632. The number of hydrogen-bond donors (Lipinski definition) is 2. The average molecular weight is 301 g/mol. The van der Waals surface area contributed by atoms with Crippen molar-refractivity contribution in [3.8, 4) is 0 Å². The second-order valence-electron chi connectivity index (χ2n) is 7.16. The van der Waals surface area contributed by atoms with E-state index in [9.17, 15) is 4.79 Å². The van der Waals surface area contributed by atoms with Crippen LogP contribution in [-0.2, 0) is 11.2 Å². The minimum absolute atomic E-state index is 0.251. The van der Waals surface area contributed by atoms with E-state index >= 15 is 0 Å². The van der Waals surface area contributed by atoms with E-state index in [1.54, 1.807) is 0 Å². The lowest BCUT2D eigenvalue weighted by Gasteiger charge is -2.25. The number of hydrogen-bond acceptors (Lipinski definition) is 2. The van der Waals surface area contributed by atoms with E-state index in [2.05, 4.69) is 29.6 Å². The number of rotatable bonds is 8. The molecule has 1 aromatic carbocycles. The number of benzene rings is 1. The van der Waals surface area contributed by atoms with E-state index < -0.39 is 5.97 Å². The van der Waals surface area contributed by atoms with Crippen molar-refractivity contribution in [2.45, 2.75) is 51.0 Å². The average Bonchev–Trinajstić information content (AvgIpc) is 3.13. The predicted molar refractivity (Wildman–Crippen MR) is 87.7 cm³/mol. The molecule has 0 saturated heterocycles. The lowest BCUT2D eigenvalue weighted by molar-refractivity contribution is -0.137. The van der Waals surface area contributed by atoms with Gasteiger partial charge in [0, 0.05) is 12.5 Å². The Bertz CT molecular complexity index is 487. The molecule has 2 fully saturated rings. The van der Waals surface area contributed by atoms with Crippen LogP contribution in [0.15, 0.2) is 30.3 Å².